The SMILES string of the molecule is C[C@H](NC(=O)Nc1nc2ccccc2s1)c1ccco1. The van der Waals surface area contributed by atoms with Gasteiger partial charge in [0, 0.05) is 0 Å². The number of hydrogen-bond acceptors (Lipinski definition) is 4. The van der Waals surface area contributed by atoms with Crippen LogP contribution < -0.4 is 10.6 Å². The van der Waals surface area contributed by atoms with Gasteiger partial charge in [0.15, 0.2) is 5.13 Å². The van der Waals surface area contributed by atoms with Crippen molar-refractivity contribution in [1.82, 2.24) is 10.3 Å². The maximum Gasteiger partial charge on any atom is 0.321 e. The smallest absolute Gasteiger partial charge is 0.321 e. The second-order valence-corrected chi connectivity index (χ2v) is 5.35. The first kappa shape index (κ1) is 12.7. The average Bonchev–Trinajstić information content (AvgIpc) is 3.07. The third-order valence-corrected chi connectivity index (χ3v) is 3.78. The maximum absolute atomic E-state index is 11.9. The van der Waals surface area contributed by atoms with E-state index in [1.54, 1.807) is 12.3 Å². The minimum absolute atomic E-state index is 0.195. The number of anilines is 1. The summed E-state index contributed by atoms with van der Waals surface area (Å²) in [6, 6.07) is 10.9. The van der Waals surface area contributed by atoms with E-state index in [2.05, 4.69) is 15.6 Å². The number of benzene rings is 1. The number of thiazole rings is 1. The van der Waals surface area contributed by atoms with Crippen LogP contribution in [0.15, 0.2) is 47.1 Å². The number of aromatic nitrogens is 1. The molecule has 2 amide bonds. The van der Waals surface area contributed by atoms with E-state index in [1.807, 2.05) is 37.3 Å². The summed E-state index contributed by atoms with van der Waals surface area (Å²) in [5.74, 6) is 0.712. The molecule has 0 fully saturated rings. The molecule has 2 N–H and O–H groups in total. The van der Waals surface area contributed by atoms with Gasteiger partial charge in [0.25, 0.3) is 0 Å². The molecule has 1 aromatic carbocycles. The molecule has 3 rings (SSSR count). The number of nitrogens with zero attached hydrogens (tertiary/aromatic N) is 1. The van der Waals surface area contributed by atoms with Crippen molar-refractivity contribution in [1.29, 1.82) is 0 Å². The zero-order valence-corrected chi connectivity index (χ0v) is 11.6. The Morgan fingerprint density at radius 3 is 2.90 bits per heavy atom. The van der Waals surface area contributed by atoms with E-state index >= 15 is 0 Å². The minimum Gasteiger partial charge on any atom is -0.467 e. The zero-order chi connectivity index (χ0) is 13.9. The van der Waals surface area contributed by atoms with E-state index in [0.29, 0.717) is 10.9 Å². The number of furan rings is 1. The lowest BCUT2D eigenvalue weighted by molar-refractivity contribution is 0.247. The number of amides is 2. The zero-order valence-electron chi connectivity index (χ0n) is 10.8. The number of rotatable bonds is 3. The fourth-order valence-electron chi connectivity index (χ4n) is 1.86. The number of carbonyl (C=O) groups is 1. The summed E-state index contributed by atoms with van der Waals surface area (Å²) in [6.07, 6.45) is 1.58. The Kier molecular flexibility index (Phi) is 3.39. The number of carbonyl (C=O) groups excluding carboxylic acids is 1. The molecular formula is C14H13N3O2S. The second-order valence-electron chi connectivity index (χ2n) is 4.32. The van der Waals surface area contributed by atoms with Crippen LogP contribution in [0.5, 0.6) is 0 Å². The molecule has 0 unspecified atom stereocenters. The lowest BCUT2D eigenvalue weighted by Gasteiger charge is -2.10. The van der Waals surface area contributed by atoms with Crippen LogP contribution in [0, 0.1) is 0 Å². The number of nitrogens with one attached hydrogen (secondary N) is 2. The van der Waals surface area contributed by atoms with Crippen LogP contribution in [0.3, 0.4) is 0 Å². The molecule has 2 heterocycles. The summed E-state index contributed by atoms with van der Waals surface area (Å²) < 4.78 is 6.28. The topological polar surface area (TPSA) is 67.2 Å². The first-order chi connectivity index (χ1) is 9.72. The standard InChI is InChI=1S/C14H13N3O2S/c1-9(11-6-4-8-19-11)15-13(18)17-14-16-10-5-2-3-7-12(10)20-14/h2-9H,1H3,(H2,15,16,17,18)/t9-/m0/s1. The Morgan fingerprint density at radius 2 is 2.15 bits per heavy atom. The number of para-hydroxylation sites is 1. The third kappa shape index (κ3) is 2.65. The summed E-state index contributed by atoms with van der Waals surface area (Å²) in [7, 11) is 0. The van der Waals surface area contributed by atoms with Crippen LogP contribution in [0.1, 0.15) is 18.7 Å². The van der Waals surface area contributed by atoms with Gasteiger partial charge in [-0.2, -0.15) is 0 Å². The predicted octanol–water partition coefficient (Wildman–Crippen LogP) is 3.77. The molecule has 0 saturated heterocycles. The Bertz CT molecular complexity index is 688. The van der Waals surface area contributed by atoms with Gasteiger partial charge in [-0.1, -0.05) is 23.5 Å². The average molecular weight is 287 g/mol. The van der Waals surface area contributed by atoms with Crippen molar-refractivity contribution < 1.29 is 9.21 Å². The van der Waals surface area contributed by atoms with Crippen LogP contribution in [0.4, 0.5) is 9.93 Å². The van der Waals surface area contributed by atoms with E-state index in [4.69, 9.17) is 4.42 Å². The predicted molar refractivity (Wildman–Crippen MR) is 78.9 cm³/mol. The Morgan fingerprint density at radius 1 is 1.30 bits per heavy atom. The van der Waals surface area contributed by atoms with Crippen molar-refractivity contribution >= 4 is 32.7 Å². The highest BCUT2D eigenvalue weighted by atomic mass is 32.1. The first-order valence-electron chi connectivity index (χ1n) is 6.19. The van der Waals surface area contributed by atoms with E-state index < -0.39 is 0 Å². The Balaban J connectivity index is 1.66. The van der Waals surface area contributed by atoms with Crippen LogP contribution in [-0.4, -0.2) is 11.0 Å². The molecule has 0 spiro atoms. The van der Waals surface area contributed by atoms with Crippen molar-refractivity contribution in [3.05, 3.63) is 48.4 Å². The molecule has 0 saturated carbocycles. The largest absolute Gasteiger partial charge is 0.467 e. The first-order valence-corrected chi connectivity index (χ1v) is 7.00. The van der Waals surface area contributed by atoms with Gasteiger partial charge in [-0.3, -0.25) is 5.32 Å². The lowest BCUT2D eigenvalue weighted by atomic mass is 10.2. The van der Waals surface area contributed by atoms with E-state index in [9.17, 15) is 4.79 Å². The van der Waals surface area contributed by atoms with Gasteiger partial charge in [-0.05, 0) is 31.2 Å². The van der Waals surface area contributed by atoms with Crippen molar-refractivity contribution in [2.24, 2.45) is 0 Å². The third-order valence-electron chi connectivity index (χ3n) is 2.83. The van der Waals surface area contributed by atoms with Crippen LogP contribution in [0.2, 0.25) is 0 Å². The molecule has 0 aliphatic heterocycles. The van der Waals surface area contributed by atoms with Crippen LogP contribution in [0.25, 0.3) is 10.2 Å². The molecule has 1 atom stereocenters. The van der Waals surface area contributed by atoms with Gasteiger partial charge in [0.05, 0.1) is 22.5 Å². The van der Waals surface area contributed by atoms with Gasteiger partial charge in [-0.25, -0.2) is 9.78 Å². The molecule has 5 nitrogen and oxygen atoms in total. The van der Waals surface area contributed by atoms with E-state index in [-0.39, 0.29) is 12.1 Å². The summed E-state index contributed by atoms with van der Waals surface area (Å²) >= 11 is 1.44. The fraction of sp³-hybridized carbons (Fsp3) is 0.143. The van der Waals surface area contributed by atoms with E-state index in [0.717, 1.165) is 10.2 Å². The lowest BCUT2D eigenvalue weighted by Crippen LogP contribution is -2.30. The number of hydrogen-bond donors (Lipinski definition) is 2. The molecule has 0 aliphatic carbocycles. The van der Waals surface area contributed by atoms with Gasteiger partial charge < -0.3 is 9.73 Å². The number of urea groups is 1. The van der Waals surface area contributed by atoms with Crippen molar-refractivity contribution in [2.45, 2.75) is 13.0 Å². The quantitative estimate of drug-likeness (QED) is 0.770. The van der Waals surface area contributed by atoms with Crippen molar-refractivity contribution in [3.63, 3.8) is 0 Å². The molecule has 3 aromatic rings. The summed E-state index contributed by atoms with van der Waals surface area (Å²) in [4.78, 5) is 16.2. The van der Waals surface area contributed by atoms with Crippen molar-refractivity contribution in [2.75, 3.05) is 5.32 Å². The molecule has 0 aliphatic rings. The van der Waals surface area contributed by atoms with Gasteiger partial charge in [-0.15, -0.1) is 0 Å². The minimum atomic E-state index is -0.298. The van der Waals surface area contributed by atoms with Gasteiger partial charge in [0.2, 0.25) is 0 Å². The van der Waals surface area contributed by atoms with Gasteiger partial charge >= 0.3 is 6.03 Å². The monoisotopic (exact) mass is 287 g/mol. The molecular weight excluding hydrogens is 274 g/mol. The maximum atomic E-state index is 11.9. The Labute approximate surface area is 119 Å². The van der Waals surface area contributed by atoms with Crippen LogP contribution >= 0.6 is 11.3 Å². The van der Waals surface area contributed by atoms with Crippen LogP contribution in [-0.2, 0) is 0 Å². The summed E-state index contributed by atoms with van der Waals surface area (Å²) in [6.45, 7) is 1.86. The second kappa shape index (κ2) is 5.34. The molecule has 0 radical (unpaired) electrons. The fourth-order valence-corrected chi connectivity index (χ4v) is 2.73. The van der Waals surface area contributed by atoms with Crippen molar-refractivity contribution in [3.8, 4) is 0 Å². The highest BCUT2D eigenvalue weighted by Crippen LogP contribution is 2.25. The summed E-state index contributed by atoms with van der Waals surface area (Å²) in [5.41, 5.74) is 0.881. The normalized spacial score (nSPS) is 12.2. The van der Waals surface area contributed by atoms with Gasteiger partial charge in [0.1, 0.15) is 5.76 Å². The molecule has 2 aromatic heterocycles. The molecule has 20 heavy (non-hydrogen) atoms. The Hall–Kier alpha value is -2.34. The molecule has 102 valence electrons. The molecule has 6 heteroatoms. The number of fused-ring (bicyclic) bond motifs is 1. The molecule has 0 bridgehead atoms. The summed E-state index contributed by atoms with van der Waals surface area (Å²) in [5, 5.41) is 6.12. The van der Waals surface area contributed by atoms with E-state index in [1.165, 1.54) is 11.3 Å². The highest BCUT2D eigenvalue weighted by molar-refractivity contribution is 7.22. The highest BCUT2D eigenvalue weighted by Gasteiger charge is 2.13.